The minimum Gasteiger partial charge on any atom is -0.267 e. The number of nitrogens with zero attached hydrogens (tertiary/aromatic N) is 1. The number of carbonyl (C=O) groups is 1. The van der Waals surface area contributed by atoms with Crippen molar-refractivity contribution in [3.63, 3.8) is 0 Å². The molecule has 2 aromatic carbocycles. The number of rotatable bonds is 1. The van der Waals surface area contributed by atoms with E-state index in [-0.39, 0.29) is 5.91 Å². The Labute approximate surface area is 112 Å². The highest BCUT2D eigenvalue weighted by Gasteiger charge is 2.21. The largest absolute Gasteiger partial charge is 0.277 e. The number of aryl methyl sites for hydroxylation is 2. The van der Waals surface area contributed by atoms with E-state index < -0.39 is 0 Å². The zero-order valence-electron chi connectivity index (χ0n) is 11.1. The van der Waals surface area contributed by atoms with Gasteiger partial charge in [-0.05, 0) is 36.6 Å². The van der Waals surface area contributed by atoms with Crippen LogP contribution >= 0.6 is 0 Å². The van der Waals surface area contributed by atoms with E-state index in [9.17, 15) is 4.79 Å². The predicted octanol–water partition coefficient (Wildman–Crippen LogP) is 3.49. The molecule has 0 atom stereocenters. The first-order chi connectivity index (χ1) is 9.15. The Morgan fingerprint density at radius 3 is 2.47 bits per heavy atom. The molecule has 0 spiro atoms. The molecule has 2 heteroatoms. The van der Waals surface area contributed by atoms with Crippen molar-refractivity contribution >= 4 is 11.6 Å². The van der Waals surface area contributed by atoms with Gasteiger partial charge >= 0.3 is 0 Å². The Balaban J connectivity index is 2.06. The predicted molar refractivity (Wildman–Crippen MR) is 76.9 cm³/mol. The van der Waals surface area contributed by atoms with E-state index in [4.69, 9.17) is 0 Å². The minimum absolute atomic E-state index is 0.125. The van der Waals surface area contributed by atoms with Crippen molar-refractivity contribution in [2.75, 3.05) is 0 Å². The van der Waals surface area contributed by atoms with Gasteiger partial charge in [-0.3, -0.25) is 4.79 Å². The van der Waals surface area contributed by atoms with Crippen molar-refractivity contribution in [3.8, 4) is 0 Å². The Kier molecular flexibility index (Phi) is 2.79. The van der Waals surface area contributed by atoms with Crippen molar-refractivity contribution in [2.24, 2.45) is 4.99 Å². The normalized spacial score (nSPS) is 14.0. The summed E-state index contributed by atoms with van der Waals surface area (Å²) in [6.45, 7) is 4.10. The lowest BCUT2D eigenvalue weighted by Gasteiger charge is -2.17. The molecule has 0 aliphatic carbocycles. The molecule has 19 heavy (non-hydrogen) atoms. The van der Waals surface area contributed by atoms with E-state index in [0.717, 1.165) is 34.4 Å². The van der Waals surface area contributed by atoms with Gasteiger partial charge in [0.15, 0.2) is 0 Å². The first-order valence-corrected chi connectivity index (χ1v) is 6.42. The molecular formula is C17H15NO. The molecule has 0 radical (unpaired) electrons. The van der Waals surface area contributed by atoms with E-state index >= 15 is 0 Å². The zero-order valence-corrected chi connectivity index (χ0v) is 11.1. The monoisotopic (exact) mass is 249 g/mol. The van der Waals surface area contributed by atoms with Crippen LogP contribution in [0.3, 0.4) is 0 Å². The molecule has 94 valence electrons. The van der Waals surface area contributed by atoms with Gasteiger partial charge in [0.1, 0.15) is 0 Å². The average Bonchev–Trinajstić information content (AvgIpc) is 2.41. The highest BCUT2D eigenvalue weighted by molar-refractivity contribution is 6.15. The van der Waals surface area contributed by atoms with Crippen molar-refractivity contribution < 1.29 is 4.79 Å². The molecule has 0 bridgehead atoms. The molecule has 2 aromatic rings. The summed E-state index contributed by atoms with van der Waals surface area (Å²) in [4.78, 5) is 16.3. The molecule has 2 nitrogen and oxygen atoms in total. The summed E-state index contributed by atoms with van der Waals surface area (Å²) in [6.07, 6.45) is 0.733. The van der Waals surface area contributed by atoms with Crippen LogP contribution in [-0.2, 0) is 6.42 Å². The van der Waals surface area contributed by atoms with Crippen molar-refractivity contribution in [1.82, 2.24) is 0 Å². The zero-order chi connectivity index (χ0) is 13.4. The van der Waals surface area contributed by atoms with Crippen LogP contribution in [0.4, 0.5) is 0 Å². The summed E-state index contributed by atoms with van der Waals surface area (Å²) in [7, 11) is 0. The van der Waals surface area contributed by atoms with Gasteiger partial charge in [-0.25, -0.2) is 4.99 Å². The molecule has 0 fully saturated rings. The Morgan fingerprint density at radius 2 is 1.74 bits per heavy atom. The van der Waals surface area contributed by atoms with Gasteiger partial charge in [0.05, 0.1) is 5.71 Å². The standard InChI is InChI=1S/C17H15NO/c1-11-6-8-13(9-7-11)16-10-15-12(2)4-3-5-14(15)17(19)18-16/h3-9H,10H2,1-2H3. The SMILES string of the molecule is Cc1ccc(C2=NC(=O)c3cccc(C)c3C2)cc1. The highest BCUT2D eigenvalue weighted by atomic mass is 16.1. The maximum absolute atomic E-state index is 12.1. The molecule has 1 heterocycles. The third kappa shape index (κ3) is 2.10. The fourth-order valence-electron chi connectivity index (χ4n) is 2.44. The molecule has 3 rings (SSSR count). The summed E-state index contributed by atoms with van der Waals surface area (Å²) in [5, 5.41) is 0. The van der Waals surface area contributed by atoms with Crippen LogP contribution < -0.4 is 0 Å². The van der Waals surface area contributed by atoms with Crippen molar-refractivity contribution in [2.45, 2.75) is 20.3 Å². The van der Waals surface area contributed by atoms with Crippen LogP contribution in [0.5, 0.6) is 0 Å². The summed E-state index contributed by atoms with van der Waals surface area (Å²) in [5.41, 5.74) is 6.13. The molecule has 0 unspecified atom stereocenters. The maximum Gasteiger partial charge on any atom is 0.277 e. The van der Waals surface area contributed by atoms with Crippen LogP contribution in [-0.4, -0.2) is 11.6 Å². The minimum atomic E-state index is -0.125. The number of fused-ring (bicyclic) bond motifs is 1. The van der Waals surface area contributed by atoms with Gasteiger partial charge < -0.3 is 0 Å². The number of aliphatic imine (C=N–C) groups is 1. The van der Waals surface area contributed by atoms with Crippen LogP contribution in [0, 0.1) is 13.8 Å². The van der Waals surface area contributed by atoms with Crippen molar-refractivity contribution in [1.29, 1.82) is 0 Å². The van der Waals surface area contributed by atoms with E-state index in [2.05, 4.69) is 24.0 Å². The van der Waals surface area contributed by atoms with E-state index in [1.165, 1.54) is 5.56 Å². The smallest absolute Gasteiger partial charge is 0.267 e. The maximum atomic E-state index is 12.1. The van der Waals surface area contributed by atoms with Gasteiger partial charge in [0, 0.05) is 12.0 Å². The van der Waals surface area contributed by atoms with Crippen LogP contribution in [0.15, 0.2) is 47.5 Å². The lowest BCUT2D eigenvalue weighted by Crippen LogP contribution is -2.18. The number of hydrogen-bond donors (Lipinski definition) is 0. The lowest BCUT2D eigenvalue weighted by atomic mass is 9.91. The van der Waals surface area contributed by atoms with Crippen molar-refractivity contribution in [3.05, 3.63) is 70.3 Å². The Bertz CT molecular complexity index is 681. The van der Waals surface area contributed by atoms with E-state index in [0.29, 0.717) is 0 Å². The van der Waals surface area contributed by atoms with E-state index in [1.807, 2.05) is 37.3 Å². The van der Waals surface area contributed by atoms with Gasteiger partial charge in [-0.2, -0.15) is 0 Å². The number of hydrogen-bond acceptors (Lipinski definition) is 1. The van der Waals surface area contributed by atoms with Gasteiger partial charge in [-0.1, -0.05) is 42.0 Å². The molecule has 0 N–H and O–H groups in total. The number of benzene rings is 2. The third-order valence-electron chi connectivity index (χ3n) is 3.61. The first kappa shape index (κ1) is 11.8. The molecule has 1 amide bonds. The summed E-state index contributed by atoms with van der Waals surface area (Å²) in [5.74, 6) is -0.125. The fourth-order valence-corrected chi connectivity index (χ4v) is 2.44. The fraction of sp³-hybridized carbons (Fsp3) is 0.176. The Hall–Kier alpha value is -2.22. The third-order valence-corrected chi connectivity index (χ3v) is 3.61. The molecule has 0 saturated heterocycles. The van der Waals surface area contributed by atoms with Gasteiger partial charge in [0.25, 0.3) is 5.91 Å². The number of carbonyl (C=O) groups excluding carboxylic acids is 1. The topological polar surface area (TPSA) is 29.4 Å². The molecule has 0 saturated carbocycles. The van der Waals surface area contributed by atoms with Crippen LogP contribution in [0.25, 0.3) is 0 Å². The molecule has 1 aliphatic heterocycles. The van der Waals surface area contributed by atoms with Gasteiger partial charge in [0.2, 0.25) is 0 Å². The van der Waals surface area contributed by atoms with E-state index in [1.54, 1.807) is 0 Å². The highest BCUT2D eigenvalue weighted by Crippen LogP contribution is 2.23. The number of amides is 1. The summed E-state index contributed by atoms with van der Waals surface area (Å²) >= 11 is 0. The Morgan fingerprint density at radius 1 is 1.00 bits per heavy atom. The summed E-state index contributed by atoms with van der Waals surface area (Å²) in [6, 6.07) is 14.0. The van der Waals surface area contributed by atoms with Crippen LogP contribution in [0.1, 0.15) is 32.6 Å². The second kappa shape index (κ2) is 4.47. The van der Waals surface area contributed by atoms with Gasteiger partial charge in [-0.15, -0.1) is 0 Å². The molecular weight excluding hydrogens is 234 g/mol. The molecule has 0 aromatic heterocycles. The molecule has 1 aliphatic rings. The summed E-state index contributed by atoms with van der Waals surface area (Å²) < 4.78 is 0. The second-order valence-corrected chi connectivity index (χ2v) is 5.01. The second-order valence-electron chi connectivity index (χ2n) is 5.01. The first-order valence-electron chi connectivity index (χ1n) is 6.42. The quantitative estimate of drug-likeness (QED) is 0.760. The lowest BCUT2D eigenvalue weighted by molar-refractivity contribution is 0.1000. The average molecular weight is 249 g/mol. The van der Waals surface area contributed by atoms with Crippen LogP contribution in [0.2, 0.25) is 0 Å².